The first kappa shape index (κ1) is 14.8. The fraction of sp³-hybridized carbons (Fsp3) is 0.533. The number of aryl methyl sites for hydroxylation is 1. The van der Waals surface area contributed by atoms with E-state index in [1.54, 1.807) is 12.1 Å². The van der Waals surface area contributed by atoms with E-state index in [1.165, 1.54) is 6.42 Å². The topological polar surface area (TPSA) is 73.6 Å². The number of ether oxygens (including phenoxy) is 2. The predicted octanol–water partition coefficient (Wildman–Crippen LogP) is 2.10. The molecule has 2 rings (SSSR count). The lowest BCUT2D eigenvalue weighted by atomic mass is 10.1. The van der Waals surface area contributed by atoms with Crippen molar-refractivity contribution in [2.24, 2.45) is 0 Å². The molecular formula is C15H22N2O3. The molecule has 20 heavy (non-hydrogen) atoms. The lowest BCUT2D eigenvalue weighted by molar-refractivity contribution is -0.122. The van der Waals surface area contributed by atoms with Crippen molar-refractivity contribution in [3.63, 3.8) is 0 Å². The lowest BCUT2D eigenvalue weighted by Gasteiger charge is -2.22. The smallest absolute Gasteiger partial charge is 0.250 e. The number of anilines is 2. The monoisotopic (exact) mass is 278 g/mol. The Bertz CT molecular complexity index is 456. The van der Waals surface area contributed by atoms with Crippen LogP contribution in [0.2, 0.25) is 0 Å². The summed E-state index contributed by atoms with van der Waals surface area (Å²) < 4.78 is 10.9. The molecule has 0 bridgehead atoms. The molecule has 1 atom stereocenters. The second-order valence-corrected chi connectivity index (χ2v) is 5.13. The number of hydrogen-bond acceptors (Lipinski definition) is 4. The fourth-order valence-electron chi connectivity index (χ4n) is 2.24. The van der Waals surface area contributed by atoms with Crippen LogP contribution in [0, 0.1) is 6.92 Å². The van der Waals surface area contributed by atoms with E-state index in [2.05, 4.69) is 5.32 Å². The Kier molecular flexibility index (Phi) is 5.38. The van der Waals surface area contributed by atoms with E-state index in [4.69, 9.17) is 15.2 Å². The van der Waals surface area contributed by atoms with Crippen LogP contribution in [0.1, 0.15) is 24.8 Å². The molecule has 0 radical (unpaired) electrons. The van der Waals surface area contributed by atoms with Crippen LogP contribution in [0.15, 0.2) is 18.2 Å². The number of nitrogens with two attached hydrogens (primary N) is 1. The van der Waals surface area contributed by atoms with Crippen LogP contribution < -0.4 is 11.1 Å². The Morgan fingerprint density at radius 3 is 3.05 bits per heavy atom. The predicted molar refractivity (Wildman–Crippen MR) is 78.6 cm³/mol. The average molecular weight is 278 g/mol. The fourth-order valence-corrected chi connectivity index (χ4v) is 2.24. The van der Waals surface area contributed by atoms with Crippen molar-refractivity contribution in [1.82, 2.24) is 0 Å². The number of nitrogens with one attached hydrogen (secondary N) is 1. The number of benzene rings is 1. The van der Waals surface area contributed by atoms with E-state index in [1.807, 2.05) is 13.0 Å². The summed E-state index contributed by atoms with van der Waals surface area (Å²) >= 11 is 0. The summed E-state index contributed by atoms with van der Waals surface area (Å²) in [5, 5.41) is 2.81. The number of hydrogen-bond donors (Lipinski definition) is 2. The number of rotatable bonds is 5. The molecule has 1 aliphatic heterocycles. The van der Waals surface area contributed by atoms with Crippen molar-refractivity contribution in [2.45, 2.75) is 32.3 Å². The number of amides is 1. The Hall–Kier alpha value is -1.59. The minimum Gasteiger partial charge on any atom is -0.399 e. The molecule has 1 fully saturated rings. The van der Waals surface area contributed by atoms with Crippen molar-refractivity contribution in [2.75, 3.05) is 30.9 Å². The second kappa shape index (κ2) is 7.26. The Labute approximate surface area is 119 Å². The number of nitrogen functional groups attached to an aromatic ring is 1. The zero-order chi connectivity index (χ0) is 14.4. The molecule has 1 aromatic carbocycles. The zero-order valence-electron chi connectivity index (χ0n) is 11.9. The highest BCUT2D eigenvalue weighted by Crippen LogP contribution is 2.17. The van der Waals surface area contributed by atoms with Gasteiger partial charge in [-0.25, -0.2) is 0 Å². The van der Waals surface area contributed by atoms with Crippen LogP contribution in [-0.4, -0.2) is 31.8 Å². The molecule has 1 heterocycles. The second-order valence-electron chi connectivity index (χ2n) is 5.13. The number of carbonyl (C=O) groups excluding carboxylic acids is 1. The van der Waals surface area contributed by atoms with Crippen molar-refractivity contribution < 1.29 is 14.3 Å². The summed E-state index contributed by atoms with van der Waals surface area (Å²) in [4.78, 5) is 11.8. The normalized spacial score (nSPS) is 18.8. The maximum Gasteiger partial charge on any atom is 0.250 e. The molecule has 1 unspecified atom stereocenters. The van der Waals surface area contributed by atoms with Crippen LogP contribution in [-0.2, 0) is 14.3 Å². The third-order valence-electron chi connectivity index (χ3n) is 3.34. The standard InChI is InChI=1S/C15H22N2O3/c1-11-8-12(16)5-6-14(11)17-15(18)10-19-9-13-4-2-3-7-20-13/h5-6,8,13H,2-4,7,9-10,16H2,1H3,(H,17,18). The summed E-state index contributed by atoms with van der Waals surface area (Å²) in [5.41, 5.74) is 8.06. The van der Waals surface area contributed by atoms with Crippen LogP contribution in [0.4, 0.5) is 11.4 Å². The van der Waals surface area contributed by atoms with Gasteiger partial charge in [-0.3, -0.25) is 4.79 Å². The van der Waals surface area contributed by atoms with Crippen molar-refractivity contribution >= 4 is 17.3 Å². The minimum atomic E-state index is -0.159. The summed E-state index contributed by atoms with van der Waals surface area (Å²) in [6.45, 7) is 3.23. The molecule has 0 aromatic heterocycles. The highest BCUT2D eigenvalue weighted by atomic mass is 16.5. The Balaban J connectivity index is 1.72. The van der Waals surface area contributed by atoms with Crippen molar-refractivity contribution in [3.05, 3.63) is 23.8 Å². The molecule has 0 aliphatic carbocycles. The molecule has 1 amide bonds. The van der Waals surface area contributed by atoms with E-state index in [9.17, 15) is 4.79 Å². The van der Waals surface area contributed by atoms with Crippen molar-refractivity contribution in [3.8, 4) is 0 Å². The summed E-state index contributed by atoms with van der Waals surface area (Å²) in [6, 6.07) is 5.39. The van der Waals surface area contributed by atoms with Crippen LogP contribution in [0.3, 0.4) is 0 Å². The average Bonchev–Trinajstić information content (AvgIpc) is 2.43. The van der Waals surface area contributed by atoms with Gasteiger partial charge in [0, 0.05) is 18.0 Å². The first-order chi connectivity index (χ1) is 9.65. The van der Waals surface area contributed by atoms with Gasteiger partial charge < -0.3 is 20.5 Å². The van der Waals surface area contributed by atoms with E-state index in [0.29, 0.717) is 12.3 Å². The minimum absolute atomic E-state index is 0.0453. The maximum atomic E-state index is 11.8. The third kappa shape index (κ3) is 4.51. The van der Waals surface area contributed by atoms with E-state index in [-0.39, 0.29) is 18.6 Å². The van der Waals surface area contributed by atoms with Gasteiger partial charge in [-0.1, -0.05) is 0 Å². The maximum absolute atomic E-state index is 11.8. The summed E-state index contributed by atoms with van der Waals surface area (Å²) in [5.74, 6) is -0.159. The van der Waals surface area contributed by atoms with Gasteiger partial charge in [-0.2, -0.15) is 0 Å². The highest BCUT2D eigenvalue weighted by molar-refractivity contribution is 5.92. The highest BCUT2D eigenvalue weighted by Gasteiger charge is 2.14. The van der Waals surface area contributed by atoms with E-state index >= 15 is 0 Å². The quantitative estimate of drug-likeness (QED) is 0.809. The molecule has 1 saturated heterocycles. The van der Waals surface area contributed by atoms with Gasteiger partial charge in [0.2, 0.25) is 5.91 Å². The lowest BCUT2D eigenvalue weighted by Crippen LogP contribution is -2.27. The van der Waals surface area contributed by atoms with Crippen molar-refractivity contribution in [1.29, 1.82) is 0 Å². The molecule has 1 aromatic rings. The SMILES string of the molecule is Cc1cc(N)ccc1NC(=O)COCC1CCCCO1. The van der Waals surface area contributed by atoms with Crippen LogP contribution >= 0.6 is 0 Å². The van der Waals surface area contributed by atoms with Gasteiger partial charge in [-0.05, 0) is 49.9 Å². The Morgan fingerprint density at radius 1 is 1.50 bits per heavy atom. The van der Waals surface area contributed by atoms with Gasteiger partial charge in [-0.15, -0.1) is 0 Å². The molecule has 110 valence electrons. The summed E-state index contributed by atoms with van der Waals surface area (Å²) in [7, 11) is 0. The molecule has 3 N–H and O–H groups in total. The van der Waals surface area contributed by atoms with Gasteiger partial charge in [0.1, 0.15) is 6.61 Å². The first-order valence-corrected chi connectivity index (χ1v) is 7.00. The molecule has 0 spiro atoms. The first-order valence-electron chi connectivity index (χ1n) is 7.00. The molecule has 1 aliphatic rings. The largest absolute Gasteiger partial charge is 0.399 e. The van der Waals surface area contributed by atoms with Gasteiger partial charge >= 0.3 is 0 Å². The van der Waals surface area contributed by atoms with Gasteiger partial charge in [0.25, 0.3) is 0 Å². The Morgan fingerprint density at radius 2 is 2.35 bits per heavy atom. The molecule has 5 heteroatoms. The van der Waals surface area contributed by atoms with Crippen LogP contribution in [0.5, 0.6) is 0 Å². The molecular weight excluding hydrogens is 256 g/mol. The molecule has 0 saturated carbocycles. The van der Waals surface area contributed by atoms with E-state index in [0.717, 1.165) is 30.7 Å². The molecule has 5 nitrogen and oxygen atoms in total. The van der Waals surface area contributed by atoms with Crippen LogP contribution in [0.25, 0.3) is 0 Å². The van der Waals surface area contributed by atoms with Gasteiger partial charge in [0.05, 0.1) is 12.7 Å². The zero-order valence-corrected chi connectivity index (χ0v) is 11.9. The summed E-state index contributed by atoms with van der Waals surface area (Å²) in [6.07, 6.45) is 3.44. The van der Waals surface area contributed by atoms with E-state index < -0.39 is 0 Å². The van der Waals surface area contributed by atoms with Gasteiger partial charge in [0.15, 0.2) is 0 Å². The number of carbonyl (C=O) groups is 1. The third-order valence-corrected chi connectivity index (χ3v) is 3.34.